The third-order valence-electron chi connectivity index (χ3n) is 8.09. The number of pyridine rings is 1. The number of anilines is 1. The van der Waals surface area contributed by atoms with Crippen molar-refractivity contribution in [3.05, 3.63) is 58.9 Å². The van der Waals surface area contributed by atoms with Crippen molar-refractivity contribution in [2.75, 3.05) is 25.0 Å². The van der Waals surface area contributed by atoms with E-state index in [0.717, 1.165) is 81.3 Å². The topological polar surface area (TPSA) is 65.5 Å². The van der Waals surface area contributed by atoms with Gasteiger partial charge in [0.25, 0.3) is 5.91 Å². The first-order chi connectivity index (χ1) is 16.5. The molecule has 2 heterocycles. The van der Waals surface area contributed by atoms with E-state index < -0.39 is 0 Å². The van der Waals surface area contributed by atoms with Crippen molar-refractivity contribution in [3.63, 3.8) is 0 Å². The number of carbonyl (C=O) groups is 2. The third kappa shape index (κ3) is 4.68. The van der Waals surface area contributed by atoms with E-state index in [-0.39, 0.29) is 29.8 Å². The summed E-state index contributed by atoms with van der Waals surface area (Å²) < 4.78 is 0. The van der Waals surface area contributed by atoms with Crippen LogP contribution in [0.2, 0.25) is 0 Å². The molecule has 5 rings (SSSR count). The molecule has 1 atom stereocenters. The Hall–Kier alpha value is -2.89. The summed E-state index contributed by atoms with van der Waals surface area (Å²) in [7, 11) is 1.94. The van der Waals surface area contributed by atoms with Crippen molar-refractivity contribution in [1.29, 1.82) is 0 Å². The number of nitrogens with one attached hydrogen (secondary N) is 1. The van der Waals surface area contributed by atoms with Crippen LogP contribution in [0.5, 0.6) is 0 Å². The molecule has 2 aromatic rings. The summed E-state index contributed by atoms with van der Waals surface area (Å²) in [5.41, 5.74) is 5.37. The lowest BCUT2D eigenvalue weighted by atomic mass is 9.99. The molecule has 0 radical (unpaired) electrons. The summed E-state index contributed by atoms with van der Waals surface area (Å²) >= 11 is 0. The predicted octanol–water partition coefficient (Wildman–Crippen LogP) is 4.42. The van der Waals surface area contributed by atoms with E-state index in [0.29, 0.717) is 0 Å². The van der Waals surface area contributed by atoms with Crippen LogP contribution in [0.15, 0.2) is 36.5 Å². The lowest BCUT2D eigenvalue weighted by Gasteiger charge is -2.38. The fourth-order valence-electron chi connectivity index (χ4n) is 5.97. The van der Waals surface area contributed by atoms with Gasteiger partial charge in [-0.3, -0.25) is 14.6 Å². The number of hydrogen-bond donors (Lipinski definition) is 1. The van der Waals surface area contributed by atoms with Gasteiger partial charge in [0.05, 0.1) is 6.04 Å². The molecule has 2 amide bonds. The maximum absolute atomic E-state index is 13.4. The molecule has 6 heteroatoms. The van der Waals surface area contributed by atoms with Gasteiger partial charge in [0.1, 0.15) is 0 Å². The minimum absolute atomic E-state index is 0.0354. The van der Waals surface area contributed by atoms with Crippen LogP contribution in [0, 0.1) is 12.8 Å². The fourth-order valence-corrected chi connectivity index (χ4v) is 5.97. The molecule has 1 N–H and O–H groups in total. The highest BCUT2D eigenvalue weighted by molar-refractivity contribution is 5.94. The highest BCUT2D eigenvalue weighted by Crippen LogP contribution is 2.34. The SMILES string of the molecule is Cc1cc(N2CCC(N(C)C(=O)c3ccc4c(c3)[C@H](NC(=O)C3CCCC3)CC4)CC2)ccn1. The second-order valence-corrected chi connectivity index (χ2v) is 10.3. The van der Waals surface area contributed by atoms with Gasteiger partial charge in [-0.05, 0) is 80.8 Å². The number of rotatable bonds is 5. The monoisotopic (exact) mass is 460 g/mol. The third-order valence-corrected chi connectivity index (χ3v) is 8.09. The molecule has 1 aliphatic heterocycles. The van der Waals surface area contributed by atoms with Crippen molar-refractivity contribution in [2.45, 2.75) is 70.4 Å². The normalized spacial score (nSPS) is 20.9. The van der Waals surface area contributed by atoms with Gasteiger partial charge in [0, 0.05) is 55.2 Å². The lowest BCUT2D eigenvalue weighted by molar-refractivity contribution is -0.125. The van der Waals surface area contributed by atoms with Gasteiger partial charge in [0.15, 0.2) is 0 Å². The Kier molecular flexibility index (Phi) is 6.57. The molecule has 34 heavy (non-hydrogen) atoms. The summed E-state index contributed by atoms with van der Waals surface area (Å²) in [6, 6.07) is 10.6. The Labute approximate surface area is 202 Å². The van der Waals surface area contributed by atoms with Crippen LogP contribution >= 0.6 is 0 Å². The van der Waals surface area contributed by atoms with Crippen molar-refractivity contribution < 1.29 is 9.59 Å². The smallest absolute Gasteiger partial charge is 0.253 e. The van der Waals surface area contributed by atoms with Crippen molar-refractivity contribution in [1.82, 2.24) is 15.2 Å². The van der Waals surface area contributed by atoms with Gasteiger partial charge >= 0.3 is 0 Å². The van der Waals surface area contributed by atoms with Gasteiger partial charge in [-0.2, -0.15) is 0 Å². The number of fused-ring (bicyclic) bond motifs is 1. The Balaban J connectivity index is 1.22. The molecule has 0 bridgehead atoms. The molecule has 0 unspecified atom stereocenters. The first-order valence-corrected chi connectivity index (χ1v) is 12.9. The molecule has 0 spiro atoms. The number of hydrogen-bond acceptors (Lipinski definition) is 4. The fraction of sp³-hybridized carbons (Fsp3) is 0.536. The van der Waals surface area contributed by atoms with Crippen molar-refractivity contribution in [2.24, 2.45) is 5.92 Å². The van der Waals surface area contributed by atoms with Crippen LogP contribution in [0.25, 0.3) is 0 Å². The highest BCUT2D eigenvalue weighted by Gasteiger charge is 2.31. The molecule has 1 saturated carbocycles. The second kappa shape index (κ2) is 9.77. The zero-order valence-electron chi connectivity index (χ0n) is 20.4. The average molecular weight is 461 g/mol. The zero-order valence-corrected chi connectivity index (χ0v) is 20.4. The quantitative estimate of drug-likeness (QED) is 0.717. The number of benzene rings is 1. The second-order valence-electron chi connectivity index (χ2n) is 10.3. The molecule has 180 valence electrons. The van der Waals surface area contributed by atoms with Gasteiger partial charge in [0.2, 0.25) is 5.91 Å². The summed E-state index contributed by atoms with van der Waals surface area (Å²) in [4.78, 5) is 34.7. The molecule has 2 aliphatic carbocycles. The maximum Gasteiger partial charge on any atom is 0.253 e. The van der Waals surface area contributed by atoms with E-state index in [1.54, 1.807) is 0 Å². The van der Waals surface area contributed by atoms with E-state index in [1.807, 2.05) is 37.2 Å². The standard InChI is InChI=1S/C28H36N4O2/c1-19-17-24(11-14-29-19)32-15-12-23(13-16-32)31(2)28(34)22-8-7-20-9-10-26(25(20)18-22)30-27(33)21-5-3-4-6-21/h7-8,11,14,17-18,21,23,26H,3-6,9-10,12-13,15-16H2,1-2H3,(H,30,33)/t26-/m1/s1. The van der Waals surface area contributed by atoms with Crippen LogP contribution < -0.4 is 10.2 Å². The Morgan fingerprint density at radius 1 is 1.03 bits per heavy atom. The molecule has 3 aliphatic rings. The molecule has 1 aromatic heterocycles. The number of amides is 2. The average Bonchev–Trinajstić information content (AvgIpc) is 3.54. The maximum atomic E-state index is 13.4. The molecule has 1 aromatic carbocycles. The number of piperidine rings is 1. The van der Waals surface area contributed by atoms with Crippen LogP contribution in [-0.4, -0.2) is 47.9 Å². The zero-order chi connectivity index (χ0) is 23.7. The van der Waals surface area contributed by atoms with Crippen LogP contribution in [0.4, 0.5) is 5.69 Å². The minimum Gasteiger partial charge on any atom is -0.371 e. The van der Waals surface area contributed by atoms with Crippen LogP contribution in [0.1, 0.15) is 78.2 Å². The number of nitrogens with zero attached hydrogens (tertiary/aromatic N) is 3. The largest absolute Gasteiger partial charge is 0.371 e. The Morgan fingerprint density at radius 2 is 1.79 bits per heavy atom. The van der Waals surface area contributed by atoms with Crippen molar-refractivity contribution >= 4 is 17.5 Å². The van der Waals surface area contributed by atoms with Gasteiger partial charge in [-0.25, -0.2) is 0 Å². The van der Waals surface area contributed by atoms with Crippen molar-refractivity contribution in [3.8, 4) is 0 Å². The van der Waals surface area contributed by atoms with Crippen LogP contribution in [-0.2, 0) is 11.2 Å². The molecular weight excluding hydrogens is 424 g/mol. The summed E-state index contributed by atoms with van der Waals surface area (Å²) in [5.74, 6) is 0.441. The first-order valence-electron chi connectivity index (χ1n) is 12.9. The Morgan fingerprint density at radius 3 is 2.53 bits per heavy atom. The molecule has 6 nitrogen and oxygen atoms in total. The first kappa shape index (κ1) is 22.9. The Bertz CT molecular complexity index is 1050. The summed E-state index contributed by atoms with van der Waals surface area (Å²) in [6.07, 6.45) is 9.99. The van der Waals surface area contributed by atoms with Gasteiger partial charge < -0.3 is 15.1 Å². The minimum atomic E-state index is 0.0354. The predicted molar refractivity (Wildman–Crippen MR) is 134 cm³/mol. The highest BCUT2D eigenvalue weighted by atomic mass is 16.2. The molecule has 2 fully saturated rings. The van der Waals surface area contributed by atoms with E-state index in [4.69, 9.17) is 0 Å². The van der Waals surface area contributed by atoms with Gasteiger partial charge in [-0.15, -0.1) is 0 Å². The van der Waals surface area contributed by atoms with E-state index >= 15 is 0 Å². The summed E-state index contributed by atoms with van der Waals surface area (Å²) in [5, 5.41) is 3.29. The number of aromatic nitrogens is 1. The lowest BCUT2D eigenvalue weighted by Crippen LogP contribution is -2.45. The van der Waals surface area contributed by atoms with E-state index in [9.17, 15) is 9.59 Å². The van der Waals surface area contributed by atoms with Crippen LogP contribution in [0.3, 0.4) is 0 Å². The number of aryl methyl sites for hydroxylation is 2. The van der Waals surface area contributed by atoms with Gasteiger partial charge in [-0.1, -0.05) is 18.9 Å². The van der Waals surface area contributed by atoms with E-state index in [1.165, 1.54) is 11.3 Å². The molecule has 1 saturated heterocycles. The number of carbonyl (C=O) groups excluding carboxylic acids is 2. The molecular formula is C28H36N4O2. The summed E-state index contributed by atoms with van der Waals surface area (Å²) in [6.45, 7) is 3.89. The van der Waals surface area contributed by atoms with E-state index in [2.05, 4.69) is 33.4 Å².